The van der Waals surface area contributed by atoms with E-state index < -0.39 is 0 Å². The van der Waals surface area contributed by atoms with Gasteiger partial charge >= 0.3 is 0 Å². The van der Waals surface area contributed by atoms with Gasteiger partial charge in [0.1, 0.15) is 6.61 Å². The highest BCUT2D eigenvalue weighted by molar-refractivity contribution is 5.97. The van der Waals surface area contributed by atoms with E-state index in [1.54, 1.807) is 7.11 Å². The van der Waals surface area contributed by atoms with Crippen LogP contribution >= 0.6 is 0 Å². The van der Waals surface area contributed by atoms with Gasteiger partial charge in [-0.25, -0.2) is 0 Å². The van der Waals surface area contributed by atoms with Crippen molar-refractivity contribution in [2.75, 3.05) is 7.11 Å². The minimum Gasteiger partial charge on any atom is -0.493 e. The molecule has 0 bridgehead atoms. The van der Waals surface area contributed by atoms with E-state index in [0.717, 1.165) is 27.6 Å². The minimum absolute atomic E-state index is 0.0711. The third kappa shape index (κ3) is 4.23. The topological polar surface area (TPSA) is 51.3 Å². The van der Waals surface area contributed by atoms with Gasteiger partial charge in [-0.2, -0.15) is 0 Å². The van der Waals surface area contributed by atoms with Gasteiger partial charge in [-0.15, -0.1) is 0 Å². The number of carbonyl (C=O) groups excluding carboxylic acids is 1. The molecule has 0 radical (unpaired) electrons. The van der Waals surface area contributed by atoms with Crippen molar-refractivity contribution in [3.05, 3.63) is 95.7 Å². The van der Waals surface area contributed by atoms with E-state index in [4.69, 9.17) is 9.47 Å². The molecule has 0 saturated carbocycles. The minimum atomic E-state index is 0.0711. The fourth-order valence-electron chi connectivity index (χ4n) is 3.70. The van der Waals surface area contributed by atoms with Gasteiger partial charge in [0.05, 0.1) is 7.11 Å². The molecule has 3 aromatic carbocycles. The maximum Gasteiger partial charge on any atom is 0.163 e. The largest absolute Gasteiger partial charge is 0.493 e. The fraction of sp³-hybridized carbons (Fsp3) is 0.192. The number of ketones is 1. The van der Waals surface area contributed by atoms with Crippen LogP contribution < -0.4 is 9.47 Å². The van der Waals surface area contributed by atoms with Gasteiger partial charge in [0.2, 0.25) is 0 Å². The molecular formula is C26H25NO3. The monoisotopic (exact) mass is 399 g/mol. The molecule has 0 saturated heterocycles. The van der Waals surface area contributed by atoms with Crippen molar-refractivity contribution in [1.82, 2.24) is 4.98 Å². The van der Waals surface area contributed by atoms with Crippen LogP contribution in [0.25, 0.3) is 10.9 Å². The summed E-state index contributed by atoms with van der Waals surface area (Å²) in [5.74, 6) is 1.59. The van der Waals surface area contributed by atoms with Crippen LogP contribution in [0.5, 0.6) is 11.5 Å². The number of hydrogen-bond acceptors (Lipinski definition) is 3. The number of benzene rings is 3. The molecule has 0 amide bonds. The number of hydrogen-bond donors (Lipinski definition) is 1. The van der Waals surface area contributed by atoms with Crippen LogP contribution in [0.15, 0.2) is 79.0 Å². The van der Waals surface area contributed by atoms with E-state index in [9.17, 15) is 4.79 Å². The zero-order chi connectivity index (χ0) is 20.9. The first kappa shape index (κ1) is 19.8. The van der Waals surface area contributed by atoms with Crippen molar-refractivity contribution in [2.45, 2.75) is 25.9 Å². The summed E-state index contributed by atoms with van der Waals surface area (Å²) in [6, 6.07) is 23.4. The van der Waals surface area contributed by atoms with Crippen LogP contribution in [-0.2, 0) is 6.61 Å². The number of ether oxygens (including phenoxy) is 2. The van der Waals surface area contributed by atoms with Crippen LogP contribution in [0.1, 0.15) is 40.7 Å². The molecule has 1 aromatic heterocycles. The molecule has 0 spiro atoms. The number of aromatic amines is 1. The van der Waals surface area contributed by atoms with Crippen molar-refractivity contribution in [3.63, 3.8) is 0 Å². The van der Waals surface area contributed by atoms with Gasteiger partial charge in [-0.1, -0.05) is 67.6 Å². The second-order valence-electron chi connectivity index (χ2n) is 7.46. The summed E-state index contributed by atoms with van der Waals surface area (Å²) in [4.78, 5) is 16.0. The number of rotatable bonds is 8. The fourth-order valence-corrected chi connectivity index (χ4v) is 3.70. The Balaban J connectivity index is 1.58. The summed E-state index contributed by atoms with van der Waals surface area (Å²) in [6.07, 6.45) is 2.43. The Morgan fingerprint density at radius 1 is 0.967 bits per heavy atom. The standard InChI is InChI=1S/C26H25NO3/c1-18(13-24(28)20-11-7-4-8-12-20)22-16-27-23-15-25(29-2)26(14-21(22)23)30-17-19-9-5-3-6-10-19/h3-12,14-16,18,27H,13,17H2,1-2H3. The molecule has 0 aliphatic heterocycles. The first-order valence-corrected chi connectivity index (χ1v) is 10.1. The zero-order valence-corrected chi connectivity index (χ0v) is 17.2. The van der Waals surface area contributed by atoms with Crippen molar-refractivity contribution in [1.29, 1.82) is 0 Å². The molecule has 0 aliphatic carbocycles. The highest BCUT2D eigenvalue weighted by atomic mass is 16.5. The average Bonchev–Trinajstić information content (AvgIpc) is 3.21. The maximum absolute atomic E-state index is 12.7. The number of nitrogens with one attached hydrogen (secondary N) is 1. The van der Waals surface area contributed by atoms with Gasteiger partial charge in [0, 0.05) is 35.2 Å². The average molecular weight is 399 g/mol. The lowest BCUT2D eigenvalue weighted by Crippen LogP contribution is -2.04. The lowest BCUT2D eigenvalue weighted by Gasteiger charge is -2.13. The summed E-state index contributed by atoms with van der Waals surface area (Å²) in [7, 11) is 1.64. The Kier molecular flexibility index (Phi) is 5.84. The molecule has 30 heavy (non-hydrogen) atoms. The van der Waals surface area contributed by atoms with Crippen LogP contribution in [0, 0.1) is 0 Å². The van der Waals surface area contributed by atoms with Crippen LogP contribution in [-0.4, -0.2) is 17.9 Å². The summed E-state index contributed by atoms with van der Waals surface area (Å²) < 4.78 is 11.6. The first-order chi connectivity index (χ1) is 14.7. The molecule has 1 atom stereocenters. The molecule has 1 unspecified atom stereocenters. The van der Waals surface area contributed by atoms with Gasteiger partial charge < -0.3 is 14.5 Å². The predicted octanol–water partition coefficient (Wildman–Crippen LogP) is 6.13. The Bertz CT molecular complexity index is 1130. The first-order valence-electron chi connectivity index (χ1n) is 10.1. The molecule has 4 rings (SSSR count). The Morgan fingerprint density at radius 3 is 2.37 bits per heavy atom. The van der Waals surface area contributed by atoms with Gasteiger partial charge in [0.25, 0.3) is 0 Å². The summed E-state index contributed by atoms with van der Waals surface area (Å²) in [5.41, 5.74) is 3.91. The predicted molar refractivity (Wildman–Crippen MR) is 119 cm³/mol. The summed E-state index contributed by atoms with van der Waals surface area (Å²) in [6.45, 7) is 2.54. The van der Waals surface area contributed by atoms with Gasteiger partial charge in [-0.05, 0) is 23.1 Å². The molecule has 152 valence electrons. The second-order valence-corrected chi connectivity index (χ2v) is 7.46. The van der Waals surface area contributed by atoms with E-state index in [1.807, 2.05) is 79.0 Å². The van der Waals surface area contributed by atoms with Gasteiger partial charge in [-0.3, -0.25) is 4.79 Å². The SMILES string of the molecule is COc1cc2[nH]cc(C(C)CC(=O)c3ccccc3)c2cc1OCc1ccccc1. The van der Waals surface area contributed by atoms with Crippen molar-refractivity contribution >= 4 is 16.7 Å². The number of H-pyrrole nitrogens is 1. The van der Waals surface area contributed by atoms with E-state index in [-0.39, 0.29) is 11.7 Å². The molecule has 0 aliphatic rings. The van der Waals surface area contributed by atoms with Crippen molar-refractivity contribution in [3.8, 4) is 11.5 Å². The van der Waals surface area contributed by atoms with Crippen LogP contribution in [0.2, 0.25) is 0 Å². The number of aromatic nitrogens is 1. The van der Waals surface area contributed by atoms with Crippen LogP contribution in [0.3, 0.4) is 0 Å². The summed E-state index contributed by atoms with van der Waals surface area (Å²) >= 11 is 0. The molecule has 4 aromatic rings. The Hall–Kier alpha value is -3.53. The van der Waals surface area contributed by atoms with Gasteiger partial charge in [0.15, 0.2) is 17.3 Å². The number of methoxy groups -OCH3 is 1. The van der Waals surface area contributed by atoms with E-state index in [1.165, 1.54) is 0 Å². The Morgan fingerprint density at radius 2 is 1.67 bits per heavy atom. The third-order valence-electron chi connectivity index (χ3n) is 5.35. The zero-order valence-electron chi connectivity index (χ0n) is 17.2. The number of fused-ring (bicyclic) bond motifs is 1. The normalized spacial score (nSPS) is 11.9. The second kappa shape index (κ2) is 8.87. The van der Waals surface area contributed by atoms with E-state index in [2.05, 4.69) is 11.9 Å². The Labute approximate surface area is 176 Å². The van der Waals surface area contributed by atoms with E-state index >= 15 is 0 Å². The molecule has 1 N–H and O–H groups in total. The highest BCUT2D eigenvalue weighted by Crippen LogP contribution is 2.37. The quantitative estimate of drug-likeness (QED) is 0.363. The number of carbonyl (C=O) groups is 1. The molecule has 4 heteroatoms. The molecule has 4 nitrogen and oxygen atoms in total. The van der Waals surface area contributed by atoms with Crippen molar-refractivity contribution < 1.29 is 14.3 Å². The molecule has 1 heterocycles. The smallest absolute Gasteiger partial charge is 0.163 e. The van der Waals surface area contributed by atoms with E-state index in [0.29, 0.717) is 24.5 Å². The highest BCUT2D eigenvalue weighted by Gasteiger charge is 2.18. The molecule has 0 fully saturated rings. The maximum atomic E-state index is 12.7. The van der Waals surface area contributed by atoms with Crippen LogP contribution in [0.4, 0.5) is 0 Å². The van der Waals surface area contributed by atoms with Crippen molar-refractivity contribution in [2.24, 2.45) is 0 Å². The third-order valence-corrected chi connectivity index (χ3v) is 5.35. The summed E-state index contributed by atoms with van der Waals surface area (Å²) in [5, 5.41) is 1.05. The lowest BCUT2D eigenvalue weighted by molar-refractivity contribution is 0.0976. The molecular weight excluding hydrogens is 374 g/mol. The number of Topliss-reactive ketones (excluding diaryl/α,β-unsaturated/α-hetero) is 1. The lowest BCUT2D eigenvalue weighted by atomic mass is 9.93.